The van der Waals surface area contributed by atoms with Crippen LogP contribution in [0.5, 0.6) is 0 Å². The highest BCUT2D eigenvalue weighted by Gasteiger charge is 2.23. The number of thioether (sulfide) groups is 1. The summed E-state index contributed by atoms with van der Waals surface area (Å²) in [4.78, 5) is 2.39. The first-order chi connectivity index (χ1) is 7.56. The Labute approximate surface area is 110 Å². The van der Waals surface area contributed by atoms with Crippen molar-refractivity contribution in [2.45, 2.75) is 24.3 Å². The van der Waals surface area contributed by atoms with Gasteiger partial charge >= 0.3 is 0 Å². The molecule has 1 heterocycles. The molecule has 0 spiro atoms. The molecule has 1 aliphatic heterocycles. The average Bonchev–Trinajstić information content (AvgIpc) is 2.20. The van der Waals surface area contributed by atoms with Crippen LogP contribution in [0.4, 0.5) is 11.4 Å². The fourth-order valence-electron chi connectivity index (χ4n) is 2.17. The van der Waals surface area contributed by atoms with Gasteiger partial charge in [-0.2, -0.15) is 11.8 Å². The lowest BCUT2D eigenvalue weighted by atomic mass is 10.2. The topological polar surface area (TPSA) is 29.3 Å². The van der Waals surface area contributed by atoms with E-state index in [9.17, 15) is 0 Å². The van der Waals surface area contributed by atoms with Gasteiger partial charge in [0, 0.05) is 28.1 Å². The maximum Gasteiger partial charge on any atom is 0.0611 e. The zero-order valence-electron chi connectivity index (χ0n) is 9.61. The standard InChI is InChI=1S/C12H17BrN2S/c1-8-6-15(7-9(2)16-8)12-5-10(13)3-4-11(12)14/h3-5,8-9H,6-7,14H2,1-2H3. The lowest BCUT2D eigenvalue weighted by Crippen LogP contribution is -2.40. The van der Waals surface area contributed by atoms with Gasteiger partial charge in [0.2, 0.25) is 0 Å². The van der Waals surface area contributed by atoms with E-state index in [1.165, 1.54) is 0 Å². The van der Waals surface area contributed by atoms with E-state index in [2.05, 4.69) is 52.5 Å². The second kappa shape index (κ2) is 4.88. The third-order valence-corrected chi connectivity index (χ3v) is 4.47. The van der Waals surface area contributed by atoms with Crippen molar-refractivity contribution in [1.82, 2.24) is 0 Å². The third kappa shape index (κ3) is 2.66. The Balaban J connectivity index is 2.25. The molecule has 88 valence electrons. The molecule has 0 aliphatic carbocycles. The SMILES string of the molecule is CC1CN(c2cc(Br)ccc2N)CC(C)S1. The number of hydrogen-bond donors (Lipinski definition) is 1. The minimum absolute atomic E-state index is 0.669. The lowest BCUT2D eigenvalue weighted by molar-refractivity contribution is 0.729. The number of hydrogen-bond acceptors (Lipinski definition) is 3. The Kier molecular flexibility index (Phi) is 3.70. The predicted molar refractivity (Wildman–Crippen MR) is 77.3 cm³/mol. The van der Waals surface area contributed by atoms with Crippen LogP contribution in [0.15, 0.2) is 22.7 Å². The fraction of sp³-hybridized carbons (Fsp3) is 0.500. The summed E-state index contributed by atoms with van der Waals surface area (Å²) in [7, 11) is 0. The maximum atomic E-state index is 6.04. The van der Waals surface area contributed by atoms with Gasteiger partial charge in [-0.3, -0.25) is 0 Å². The molecule has 1 aliphatic rings. The molecule has 2 unspecified atom stereocenters. The number of halogens is 1. The first-order valence-corrected chi connectivity index (χ1v) is 7.25. The van der Waals surface area contributed by atoms with Crippen LogP contribution in [0.2, 0.25) is 0 Å². The molecule has 1 aromatic carbocycles. The molecule has 16 heavy (non-hydrogen) atoms. The smallest absolute Gasteiger partial charge is 0.0611 e. The van der Waals surface area contributed by atoms with Gasteiger partial charge in [0.25, 0.3) is 0 Å². The Morgan fingerprint density at radius 2 is 1.94 bits per heavy atom. The highest BCUT2D eigenvalue weighted by molar-refractivity contribution is 9.10. The molecule has 1 aromatic rings. The molecule has 2 rings (SSSR count). The summed E-state index contributed by atoms with van der Waals surface area (Å²) in [6, 6.07) is 6.08. The van der Waals surface area contributed by atoms with Crippen molar-refractivity contribution in [2.24, 2.45) is 0 Å². The third-order valence-electron chi connectivity index (χ3n) is 2.75. The number of nitrogen functional groups attached to an aromatic ring is 1. The van der Waals surface area contributed by atoms with Gasteiger partial charge in [0.05, 0.1) is 11.4 Å². The van der Waals surface area contributed by atoms with Crippen molar-refractivity contribution < 1.29 is 0 Å². The largest absolute Gasteiger partial charge is 0.397 e. The summed E-state index contributed by atoms with van der Waals surface area (Å²) in [5, 5.41) is 1.34. The Morgan fingerprint density at radius 1 is 1.31 bits per heavy atom. The molecule has 4 heteroatoms. The van der Waals surface area contributed by atoms with Crippen LogP contribution in [0, 0.1) is 0 Å². The van der Waals surface area contributed by atoms with E-state index in [0.29, 0.717) is 10.5 Å². The Morgan fingerprint density at radius 3 is 2.56 bits per heavy atom. The van der Waals surface area contributed by atoms with E-state index in [1.54, 1.807) is 0 Å². The zero-order chi connectivity index (χ0) is 11.7. The van der Waals surface area contributed by atoms with Crippen LogP contribution >= 0.6 is 27.7 Å². The summed E-state index contributed by atoms with van der Waals surface area (Å²) in [6.45, 7) is 6.72. The second-order valence-corrected chi connectivity index (χ2v) is 7.16. The van der Waals surface area contributed by atoms with Gasteiger partial charge in [-0.15, -0.1) is 0 Å². The molecule has 1 fully saturated rings. The van der Waals surface area contributed by atoms with Crippen molar-refractivity contribution >= 4 is 39.1 Å². The van der Waals surface area contributed by atoms with Gasteiger partial charge in [-0.25, -0.2) is 0 Å². The monoisotopic (exact) mass is 300 g/mol. The number of nitrogens with zero attached hydrogens (tertiary/aromatic N) is 1. The van der Waals surface area contributed by atoms with Gasteiger partial charge in [-0.1, -0.05) is 29.8 Å². The average molecular weight is 301 g/mol. The van der Waals surface area contributed by atoms with Gasteiger partial charge in [0.15, 0.2) is 0 Å². The van der Waals surface area contributed by atoms with E-state index in [1.807, 2.05) is 12.1 Å². The number of nitrogens with two attached hydrogens (primary N) is 1. The van der Waals surface area contributed by atoms with Crippen molar-refractivity contribution in [3.63, 3.8) is 0 Å². The molecular weight excluding hydrogens is 284 g/mol. The molecule has 2 atom stereocenters. The summed E-state index contributed by atoms with van der Waals surface area (Å²) in [6.07, 6.45) is 0. The number of anilines is 2. The van der Waals surface area contributed by atoms with Gasteiger partial charge < -0.3 is 10.6 Å². The van der Waals surface area contributed by atoms with Crippen molar-refractivity contribution in [3.05, 3.63) is 22.7 Å². The van der Waals surface area contributed by atoms with Crippen LogP contribution in [-0.4, -0.2) is 23.6 Å². The summed E-state index contributed by atoms with van der Waals surface area (Å²) >= 11 is 5.56. The van der Waals surface area contributed by atoms with Gasteiger partial charge in [0.1, 0.15) is 0 Å². The first kappa shape index (κ1) is 12.1. The summed E-state index contributed by atoms with van der Waals surface area (Å²) in [5.74, 6) is 0. The minimum atomic E-state index is 0.669. The predicted octanol–water partition coefficient (Wildman–Crippen LogP) is 3.36. The van der Waals surface area contributed by atoms with Crippen molar-refractivity contribution in [1.29, 1.82) is 0 Å². The first-order valence-electron chi connectivity index (χ1n) is 5.51. The maximum absolute atomic E-state index is 6.04. The molecular formula is C12H17BrN2S. The van der Waals surface area contributed by atoms with Gasteiger partial charge in [-0.05, 0) is 18.2 Å². The Bertz CT molecular complexity index is 373. The highest BCUT2D eigenvalue weighted by Crippen LogP contribution is 2.33. The molecule has 0 saturated carbocycles. The molecule has 1 saturated heterocycles. The molecule has 0 amide bonds. The second-order valence-electron chi connectivity index (χ2n) is 4.37. The lowest BCUT2D eigenvalue weighted by Gasteiger charge is -2.36. The normalized spacial score (nSPS) is 25.8. The van der Waals surface area contributed by atoms with Crippen LogP contribution in [0.3, 0.4) is 0 Å². The van der Waals surface area contributed by atoms with E-state index in [-0.39, 0.29) is 0 Å². The Hall–Kier alpha value is -0.350. The van der Waals surface area contributed by atoms with Crippen LogP contribution in [-0.2, 0) is 0 Å². The zero-order valence-corrected chi connectivity index (χ0v) is 12.0. The molecule has 2 nitrogen and oxygen atoms in total. The van der Waals surface area contributed by atoms with E-state index < -0.39 is 0 Å². The van der Waals surface area contributed by atoms with Crippen molar-refractivity contribution in [2.75, 3.05) is 23.7 Å². The van der Waals surface area contributed by atoms with Crippen LogP contribution in [0.1, 0.15) is 13.8 Å². The van der Waals surface area contributed by atoms with E-state index >= 15 is 0 Å². The number of rotatable bonds is 1. The minimum Gasteiger partial charge on any atom is -0.397 e. The van der Waals surface area contributed by atoms with E-state index in [4.69, 9.17) is 5.73 Å². The summed E-state index contributed by atoms with van der Waals surface area (Å²) < 4.78 is 1.09. The van der Waals surface area contributed by atoms with Crippen molar-refractivity contribution in [3.8, 4) is 0 Å². The summed E-state index contributed by atoms with van der Waals surface area (Å²) in [5.41, 5.74) is 8.07. The van der Waals surface area contributed by atoms with Crippen LogP contribution in [0.25, 0.3) is 0 Å². The van der Waals surface area contributed by atoms with Crippen LogP contribution < -0.4 is 10.6 Å². The molecule has 0 bridgehead atoms. The fourth-order valence-corrected chi connectivity index (χ4v) is 3.84. The quantitative estimate of drug-likeness (QED) is 0.807. The molecule has 2 N–H and O–H groups in total. The number of benzene rings is 1. The molecule has 0 radical (unpaired) electrons. The molecule has 0 aromatic heterocycles. The highest BCUT2D eigenvalue weighted by atomic mass is 79.9. The van der Waals surface area contributed by atoms with E-state index in [0.717, 1.165) is 28.9 Å².